The second-order valence-corrected chi connectivity index (χ2v) is 4.00. The fourth-order valence-electron chi connectivity index (χ4n) is 1.60. The Kier molecular flexibility index (Phi) is 6.05. The van der Waals surface area contributed by atoms with Gasteiger partial charge in [0.2, 0.25) is 0 Å². The summed E-state index contributed by atoms with van der Waals surface area (Å²) in [6.45, 7) is 9.00. The number of nitrogens with one attached hydrogen (secondary N) is 2. The molecule has 0 spiro atoms. The van der Waals surface area contributed by atoms with Gasteiger partial charge in [-0.05, 0) is 20.8 Å². The zero-order valence-corrected chi connectivity index (χ0v) is 12.0. The average Bonchev–Trinajstić information content (AvgIpc) is 2.40. The topological polar surface area (TPSA) is 76.1 Å². The fourth-order valence-corrected chi connectivity index (χ4v) is 1.60. The summed E-state index contributed by atoms with van der Waals surface area (Å²) in [5, 5.41) is 6.20. The van der Waals surface area contributed by atoms with Gasteiger partial charge in [-0.3, -0.25) is 4.79 Å². The predicted molar refractivity (Wildman–Crippen MR) is 75.4 cm³/mol. The highest BCUT2D eigenvalue weighted by Gasteiger charge is 2.11. The first-order valence-corrected chi connectivity index (χ1v) is 6.63. The molecule has 6 heteroatoms. The van der Waals surface area contributed by atoms with Crippen LogP contribution in [0.3, 0.4) is 0 Å². The monoisotopic (exact) mass is 266 g/mol. The predicted octanol–water partition coefficient (Wildman–Crippen LogP) is 1.75. The molecule has 1 heterocycles. The number of nitrogens with zero attached hydrogens (tertiary/aromatic N) is 2. The fraction of sp³-hybridized carbons (Fsp3) is 0.615. The first-order chi connectivity index (χ1) is 9.12. The normalized spacial score (nSPS) is 10.1. The van der Waals surface area contributed by atoms with E-state index in [1.807, 2.05) is 20.8 Å². The Morgan fingerprint density at radius 3 is 2.32 bits per heavy atom. The van der Waals surface area contributed by atoms with Crippen LogP contribution in [0.15, 0.2) is 0 Å². The van der Waals surface area contributed by atoms with Gasteiger partial charge < -0.3 is 15.4 Å². The van der Waals surface area contributed by atoms with Crippen LogP contribution in [0.2, 0.25) is 0 Å². The number of hydrogen-bond acceptors (Lipinski definition) is 6. The van der Waals surface area contributed by atoms with Crippen molar-refractivity contribution in [3.8, 4) is 0 Å². The van der Waals surface area contributed by atoms with Gasteiger partial charge in [0.05, 0.1) is 6.61 Å². The maximum Gasteiger partial charge on any atom is 0.325 e. The van der Waals surface area contributed by atoms with Crippen molar-refractivity contribution in [2.75, 3.05) is 30.3 Å². The summed E-state index contributed by atoms with van der Waals surface area (Å²) < 4.78 is 4.88. The number of esters is 1. The van der Waals surface area contributed by atoms with Crippen LogP contribution >= 0.6 is 0 Å². The molecule has 106 valence electrons. The highest BCUT2D eigenvalue weighted by atomic mass is 16.5. The minimum absolute atomic E-state index is 0.112. The van der Waals surface area contributed by atoms with Crippen molar-refractivity contribution in [3.05, 3.63) is 11.4 Å². The van der Waals surface area contributed by atoms with E-state index in [2.05, 4.69) is 20.6 Å². The summed E-state index contributed by atoms with van der Waals surface area (Å²) >= 11 is 0. The summed E-state index contributed by atoms with van der Waals surface area (Å²) in [5.74, 6) is 1.94. The van der Waals surface area contributed by atoms with Gasteiger partial charge in [-0.2, -0.15) is 0 Å². The molecule has 0 radical (unpaired) electrons. The van der Waals surface area contributed by atoms with Crippen LogP contribution in [0.1, 0.15) is 32.2 Å². The van der Waals surface area contributed by atoms with Gasteiger partial charge in [-0.1, -0.05) is 6.92 Å². The highest BCUT2D eigenvalue weighted by Crippen LogP contribution is 2.19. The summed E-state index contributed by atoms with van der Waals surface area (Å²) in [5.41, 5.74) is 0.906. The molecule has 2 N–H and O–H groups in total. The van der Waals surface area contributed by atoms with Gasteiger partial charge in [-0.15, -0.1) is 0 Å². The van der Waals surface area contributed by atoms with E-state index >= 15 is 0 Å². The highest BCUT2D eigenvalue weighted by molar-refractivity contribution is 5.75. The lowest BCUT2D eigenvalue weighted by Gasteiger charge is -2.13. The number of aromatic nitrogens is 2. The summed E-state index contributed by atoms with van der Waals surface area (Å²) in [4.78, 5) is 20.2. The van der Waals surface area contributed by atoms with E-state index in [-0.39, 0.29) is 12.5 Å². The van der Waals surface area contributed by atoms with Crippen LogP contribution in [0.5, 0.6) is 0 Å². The largest absolute Gasteiger partial charge is 0.465 e. The van der Waals surface area contributed by atoms with Crippen molar-refractivity contribution in [3.63, 3.8) is 0 Å². The third-order valence-electron chi connectivity index (χ3n) is 2.56. The number of rotatable bonds is 7. The number of carbonyl (C=O) groups excluding carboxylic acids is 1. The minimum Gasteiger partial charge on any atom is -0.465 e. The first kappa shape index (κ1) is 15.2. The van der Waals surface area contributed by atoms with Gasteiger partial charge in [0, 0.05) is 18.5 Å². The zero-order chi connectivity index (χ0) is 14.3. The van der Waals surface area contributed by atoms with E-state index in [1.54, 1.807) is 6.92 Å². The summed E-state index contributed by atoms with van der Waals surface area (Å²) in [6, 6.07) is 0. The van der Waals surface area contributed by atoms with Gasteiger partial charge in [0.15, 0.2) is 0 Å². The molecule has 0 bridgehead atoms. The Morgan fingerprint density at radius 1 is 1.16 bits per heavy atom. The van der Waals surface area contributed by atoms with Crippen LogP contribution in [0.4, 0.5) is 11.6 Å². The molecule has 0 saturated heterocycles. The molecule has 1 rings (SSSR count). The van der Waals surface area contributed by atoms with E-state index in [9.17, 15) is 4.79 Å². The van der Waals surface area contributed by atoms with Crippen LogP contribution in [-0.2, 0) is 16.0 Å². The Bertz CT molecular complexity index is 435. The Morgan fingerprint density at radius 2 is 1.79 bits per heavy atom. The van der Waals surface area contributed by atoms with E-state index < -0.39 is 0 Å². The number of aryl methyl sites for hydroxylation is 1. The minimum atomic E-state index is -0.288. The molecule has 1 aromatic heterocycles. The van der Waals surface area contributed by atoms with E-state index in [0.717, 1.165) is 30.2 Å². The number of hydrogen-bond donors (Lipinski definition) is 2. The maximum absolute atomic E-state index is 11.3. The van der Waals surface area contributed by atoms with E-state index in [0.29, 0.717) is 12.4 Å². The molecule has 0 fully saturated rings. The van der Waals surface area contributed by atoms with Crippen molar-refractivity contribution in [1.29, 1.82) is 0 Å². The lowest BCUT2D eigenvalue weighted by molar-refractivity contribution is -0.140. The van der Waals surface area contributed by atoms with Crippen LogP contribution in [0.25, 0.3) is 0 Å². The molecule has 0 saturated carbocycles. The molecule has 19 heavy (non-hydrogen) atoms. The molecular weight excluding hydrogens is 244 g/mol. The molecule has 0 aliphatic carbocycles. The van der Waals surface area contributed by atoms with E-state index in [4.69, 9.17) is 4.74 Å². The average molecular weight is 266 g/mol. The van der Waals surface area contributed by atoms with Gasteiger partial charge in [0.25, 0.3) is 0 Å². The van der Waals surface area contributed by atoms with Crippen molar-refractivity contribution < 1.29 is 9.53 Å². The molecule has 0 aromatic carbocycles. The van der Waals surface area contributed by atoms with Crippen LogP contribution in [0, 0.1) is 6.92 Å². The lowest BCUT2D eigenvalue weighted by Crippen LogP contribution is -2.19. The third-order valence-corrected chi connectivity index (χ3v) is 2.56. The Labute approximate surface area is 114 Å². The van der Waals surface area contributed by atoms with Gasteiger partial charge >= 0.3 is 5.97 Å². The molecule has 0 amide bonds. The Hall–Kier alpha value is -1.85. The lowest BCUT2D eigenvalue weighted by atomic mass is 10.3. The third kappa shape index (κ3) is 4.39. The molecule has 0 unspecified atom stereocenters. The van der Waals surface area contributed by atoms with Crippen LogP contribution < -0.4 is 10.6 Å². The van der Waals surface area contributed by atoms with Crippen LogP contribution in [-0.4, -0.2) is 35.6 Å². The summed E-state index contributed by atoms with van der Waals surface area (Å²) in [7, 11) is 0. The second kappa shape index (κ2) is 7.56. The molecule has 0 aliphatic heterocycles. The van der Waals surface area contributed by atoms with Crippen molar-refractivity contribution >= 4 is 17.6 Å². The number of anilines is 2. The molecular formula is C13H22N4O2. The number of ether oxygens (including phenoxy) is 1. The smallest absolute Gasteiger partial charge is 0.325 e. The standard InChI is InChI=1S/C13H22N4O2/c1-5-10-16-12(14-6-2)9(4)13(17-10)15-8-11(18)19-7-3/h5-8H2,1-4H3,(H2,14,15,16,17). The first-order valence-electron chi connectivity index (χ1n) is 6.63. The maximum atomic E-state index is 11.3. The second-order valence-electron chi connectivity index (χ2n) is 4.00. The van der Waals surface area contributed by atoms with Gasteiger partial charge in [-0.25, -0.2) is 9.97 Å². The zero-order valence-electron chi connectivity index (χ0n) is 12.0. The van der Waals surface area contributed by atoms with Gasteiger partial charge in [0.1, 0.15) is 24.0 Å². The molecule has 6 nitrogen and oxygen atoms in total. The SMILES string of the molecule is CCNc1nc(CC)nc(NCC(=O)OCC)c1C. The Balaban J connectivity index is 2.86. The number of carbonyl (C=O) groups is 1. The van der Waals surface area contributed by atoms with Crippen molar-refractivity contribution in [1.82, 2.24) is 9.97 Å². The summed E-state index contributed by atoms with van der Waals surface area (Å²) in [6.07, 6.45) is 0.743. The molecule has 0 aliphatic rings. The molecule has 1 aromatic rings. The van der Waals surface area contributed by atoms with Crippen molar-refractivity contribution in [2.45, 2.75) is 34.1 Å². The quantitative estimate of drug-likeness (QED) is 0.732. The van der Waals surface area contributed by atoms with E-state index in [1.165, 1.54) is 0 Å². The van der Waals surface area contributed by atoms with Crippen molar-refractivity contribution in [2.24, 2.45) is 0 Å². The molecule has 0 atom stereocenters.